The van der Waals surface area contributed by atoms with E-state index >= 15 is 0 Å². The van der Waals surface area contributed by atoms with Crippen molar-refractivity contribution in [3.05, 3.63) is 42.0 Å². The number of aromatic nitrogens is 2. The highest BCUT2D eigenvalue weighted by Gasteiger charge is 2.51. The smallest absolute Gasteiger partial charge is 0.308 e. The van der Waals surface area contributed by atoms with Crippen molar-refractivity contribution in [3.8, 4) is 5.69 Å². The van der Waals surface area contributed by atoms with Crippen LogP contribution < -0.4 is 10.6 Å². The van der Waals surface area contributed by atoms with Crippen molar-refractivity contribution in [2.24, 2.45) is 0 Å². The van der Waals surface area contributed by atoms with E-state index in [1.54, 1.807) is 18.5 Å². The molecule has 2 heterocycles. The second-order valence-electron chi connectivity index (χ2n) is 7.61. The molecule has 8 nitrogen and oxygen atoms in total. The quantitative estimate of drug-likeness (QED) is 0.759. The Kier molecular flexibility index (Phi) is 4.81. The summed E-state index contributed by atoms with van der Waals surface area (Å²) in [6, 6.07) is 3.69. The molecule has 4 amide bonds. The fourth-order valence-electron chi connectivity index (χ4n) is 4.11. The van der Waals surface area contributed by atoms with Gasteiger partial charge in [-0.2, -0.15) is 5.10 Å². The Balaban J connectivity index is 1.57. The van der Waals surface area contributed by atoms with Crippen LogP contribution in [0, 0.1) is 12.7 Å². The zero-order valence-corrected chi connectivity index (χ0v) is 16.1. The molecule has 1 aliphatic heterocycles. The van der Waals surface area contributed by atoms with Crippen LogP contribution in [0.3, 0.4) is 0 Å². The monoisotopic (exact) mass is 399 g/mol. The second kappa shape index (κ2) is 7.31. The number of piperazine rings is 1. The van der Waals surface area contributed by atoms with Gasteiger partial charge in [-0.15, -0.1) is 0 Å². The molecule has 2 N–H and O–H groups in total. The third-order valence-electron chi connectivity index (χ3n) is 5.58. The van der Waals surface area contributed by atoms with Crippen LogP contribution in [0.1, 0.15) is 37.7 Å². The van der Waals surface area contributed by atoms with E-state index in [9.17, 15) is 18.8 Å². The van der Waals surface area contributed by atoms with E-state index in [1.165, 1.54) is 21.7 Å². The number of hydrogen-bond acceptors (Lipinski definition) is 4. The van der Waals surface area contributed by atoms with Crippen molar-refractivity contribution < 1.29 is 18.8 Å². The SMILES string of the molecule is Cc1cnn(-c2ccc(NC(=O)N3CC(=O)NC(=O)C34CCCCC4)cc2F)c1. The van der Waals surface area contributed by atoms with Gasteiger partial charge < -0.3 is 10.2 Å². The molecule has 152 valence electrons. The van der Waals surface area contributed by atoms with Crippen LogP contribution in [0.2, 0.25) is 0 Å². The van der Waals surface area contributed by atoms with Gasteiger partial charge in [0.2, 0.25) is 5.91 Å². The Hall–Kier alpha value is -3.23. The van der Waals surface area contributed by atoms with Crippen molar-refractivity contribution in [3.63, 3.8) is 0 Å². The molecule has 2 fully saturated rings. The third kappa shape index (κ3) is 3.48. The molecule has 1 saturated carbocycles. The van der Waals surface area contributed by atoms with Gasteiger partial charge in [0.25, 0.3) is 5.91 Å². The molecule has 9 heteroatoms. The number of halogens is 1. The number of benzene rings is 1. The maximum Gasteiger partial charge on any atom is 0.323 e. The predicted molar refractivity (Wildman–Crippen MR) is 103 cm³/mol. The number of anilines is 1. The van der Waals surface area contributed by atoms with Crippen molar-refractivity contribution >= 4 is 23.5 Å². The van der Waals surface area contributed by atoms with Gasteiger partial charge in [-0.25, -0.2) is 13.9 Å². The summed E-state index contributed by atoms with van der Waals surface area (Å²) >= 11 is 0. The summed E-state index contributed by atoms with van der Waals surface area (Å²) in [6.07, 6.45) is 6.92. The Labute approximate surface area is 167 Å². The van der Waals surface area contributed by atoms with Crippen LogP contribution in [0.25, 0.3) is 5.69 Å². The van der Waals surface area contributed by atoms with Crippen LogP contribution in [0.15, 0.2) is 30.6 Å². The molecular weight excluding hydrogens is 377 g/mol. The molecular formula is C20H22FN5O3. The Bertz CT molecular complexity index is 980. The fourth-order valence-corrected chi connectivity index (χ4v) is 4.11. The summed E-state index contributed by atoms with van der Waals surface area (Å²) in [5.74, 6) is -1.50. The highest BCUT2D eigenvalue weighted by atomic mass is 19.1. The Morgan fingerprint density at radius 2 is 2.00 bits per heavy atom. The molecule has 1 spiro atoms. The normalized spacial score (nSPS) is 18.6. The van der Waals surface area contributed by atoms with E-state index in [2.05, 4.69) is 15.7 Å². The summed E-state index contributed by atoms with van der Waals surface area (Å²) in [4.78, 5) is 38.7. The lowest BCUT2D eigenvalue weighted by molar-refractivity contribution is -0.146. The highest BCUT2D eigenvalue weighted by molar-refractivity contribution is 6.08. The van der Waals surface area contributed by atoms with Gasteiger partial charge in [-0.05, 0) is 43.5 Å². The van der Waals surface area contributed by atoms with Crippen molar-refractivity contribution in [1.29, 1.82) is 0 Å². The standard InChI is InChI=1S/C20H22FN5O3/c1-13-10-22-26(11-13)16-6-5-14(9-15(16)21)23-19(29)25-12-17(27)24-18(28)20(25)7-3-2-4-8-20/h5-6,9-11H,2-4,7-8,12H2,1H3,(H,23,29)(H,24,27,28). The molecule has 1 aliphatic carbocycles. The van der Waals surface area contributed by atoms with Gasteiger partial charge in [-0.3, -0.25) is 14.9 Å². The molecule has 0 radical (unpaired) electrons. The number of urea groups is 1. The zero-order valence-electron chi connectivity index (χ0n) is 16.1. The van der Waals surface area contributed by atoms with Gasteiger partial charge in [-0.1, -0.05) is 19.3 Å². The highest BCUT2D eigenvalue weighted by Crippen LogP contribution is 2.36. The molecule has 0 atom stereocenters. The summed E-state index contributed by atoms with van der Waals surface area (Å²) in [5.41, 5.74) is 0.367. The lowest BCUT2D eigenvalue weighted by Crippen LogP contribution is -2.69. The molecule has 2 aliphatic rings. The number of carbonyl (C=O) groups excluding carboxylic acids is 3. The maximum atomic E-state index is 14.6. The Morgan fingerprint density at radius 3 is 2.66 bits per heavy atom. The molecule has 0 bridgehead atoms. The maximum absolute atomic E-state index is 14.6. The predicted octanol–water partition coefficient (Wildman–Crippen LogP) is 2.51. The first kappa shape index (κ1) is 19.1. The van der Waals surface area contributed by atoms with Crippen molar-refractivity contribution in [1.82, 2.24) is 20.0 Å². The van der Waals surface area contributed by atoms with E-state index in [-0.39, 0.29) is 17.9 Å². The summed E-state index contributed by atoms with van der Waals surface area (Å²) in [6.45, 7) is 1.65. The number of imide groups is 1. The molecule has 1 saturated heterocycles. The lowest BCUT2D eigenvalue weighted by Gasteiger charge is -2.46. The van der Waals surface area contributed by atoms with Gasteiger partial charge in [0.1, 0.15) is 17.8 Å². The minimum absolute atomic E-state index is 0.204. The summed E-state index contributed by atoms with van der Waals surface area (Å²) in [7, 11) is 0. The van der Waals surface area contributed by atoms with Crippen LogP contribution in [0.4, 0.5) is 14.9 Å². The van der Waals surface area contributed by atoms with E-state index in [1.807, 2.05) is 6.92 Å². The molecule has 29 heavy (non-hydrogen) atoms. The number of carbonyl (C=O) groups is 3. The van der Waals surface area contributed by atoms with Crippen LogP contribution in [-0.4, -0.2) is 44.6 Å². The molecule has 0 unspecified atom stereocenters. The zero-order chi connectivity index (χ0) is 20.6. The van der Waals surface area contributed by atoms with Crippen LogP contribution in [-0.2, 0) is 9.59 Å². The number of amides is 4. The molecule has 1 aromatic carbocycles. The van der Waals surface area contributed by atoms with Crippen LogP contribution >= 0.6 is 0 Å². The summed E-state index contributed by atoms with van der Waals surface area (Å²) < 4.78 is 16.0. The number of aryl methyl sites for hydroxylation is 1. The summed E-state index contributed by atoms with van der Waals surface area (Å²) in [5, 5.41) is 9.07. The first-order chi connectivity index (χ1) is 13.9. The Morgan fingerprint density at radius 1 is 1.24 bits per heavy atom. The van der Waals surface area contributed by atoms with E-state index in [4.69, 9.17) is 0 Å². The molecule has 4 rings (SSSR count). The average molecular weight is 399 g/mol. The van der Waals surface area contributed by atoms with E-state index in [0.717, 1.165) is 24.8 Å². The van der Waals surface area contributed by atoms with Crippen LogP contribution in [0.5, 0.6) is 0 Å². The third-order valence-corrected chi connectivity index (χ3v) is 5.58. The topological polar surface area (TPSA) is 96.3 Å². The number of nitrogens with one attached hydrogen (secondary N) is 2. The average Bonchev–Trinajstić information content (AvgIpc) is 3.11. The van der Waals surface area contributed by atoms with E-state index < -0.39 is 29.2 Å². The number of hydrogen-bond donors (Lipinski definition) is 2. The van der Waals surface area contributed by atoms with Gasteiger partial charge >= 0.3 is 6.03 Å². The molecule has 1 aromatic heterocycles. The fraction of sp³-hybridized carbons (Fsp3) is 0.400. The van der Waals surface area contributed by atoms with Crippen molar-refractivity contribution in [2.45, 2.75) is 44.6 Å². The van der Waals surface area contributed by atoms with Gasteiger partial charge in [0.05, 0.1) is 6.20 Å². The molecule has 2 aromatic rings. The number of nitrogens with zero attached hydrogens (tertiary/aromatic N) is 3. The van der Waals surface area contributed by atoms with Gasteiger partial charge in [0.15, 0.2) is 5.82 Å². The first-order valence-electron chi connectivity index (χ1n) is 9.63. The first-order valence-corrected chi connectivity index (χ1v) is 9.63. The lowest BCUT2D eigenvalue weighted by atomic mass is 9.78. The van der Waals surface area contributed by atoms with Crippen molar-refractivity contribution in [2.75, 3.05) is 11.9 Å². The minimum Gasteiger partial charge on any atom is -0.308 e. The minimum atomic E-state index is -1.03. The second-order valence-corrected chi connectivity index (χ2v) is 7.61. The largest absolute Gasteiger partial charge is 0.323 e. The van der Waals surface area contributed by atoms with E-state index in [0.29, 0.717) is 12.8 Å². The van der Waals surface area contributed by atoms with Gasteiger partial charge in [0, 0.05) is 11.9 Å². The number of rotatable bonds is 2.